The van der Waals surface area contributed by atoms with Gasteiger partial charge in [0.1, 0.15) is 18.3 Å². The lowest BCUT2D eigenvalue weighted by Gasteiger charge is -2.38. The molecule has 1 saturated heterocycles. The third-order valence-electron chi connectivity index (χ3n) is 4.55. The molecule has 0 radical (unpaired) electrons. The van der Waals surface area contributed by atoms with Gasteiger partial charge >= 0.3 is 0 Å². The largest absolute Gasteiger partial charge is 0.494 e. The molecule has 1 aliphatic heterocycles. The minimum atomic E-state index is -0.434. The summed E-state index contributed by atoms with van der Waals surface area (Å²) in [5.74, 6) is 0.806. The molecule has 0 bridgehead atoms. The SMILES string of the molecule is C[C@H]1C(=O)N(Cc2ccccc2)CC(=O)N1CCCOc1ccccc1. The molecular formula is C21H24N2O3. The number of hydrogen-bond donors (Lipinski definition) is 0. The van der Waals surface area contributed by atoms with Crippen LogP contribution in [0.4, 0.5) is 0 Å². The molecule has 1 atom stereocenters. The molecule has 1 aliphatic rings. The van der Waals surface area contributed by atoms with Crippen LogP contribution in [-0.4, -0.2) is 47.4 Å². The first-order valence-electron chi connectivity index (χ1n) is 8.95. The lowest BCUT2D eigenvalue weighted by atomic mass is 10.1. The van der Waals surface area contributed by atoms with Crippen LogP contribution in [0.25, 0.3) is 0 Å². The number of ether oxygens (including phenoxy) is 1. The normalized spacial score (nSPS) is 17.5. The Morgan fingerprint density at radius 2 is 1.65 bits per heavy atom. The Morgan fingerprint density at radius 3 is 2.35 bits per heavy atom. The highest BCUT2D eigenvalue weighted by atomic mass is 16.5. The summed E-state index contributed by atoms with van der Waals surface area (Å²) in [6.07, 6.45) is 0.691. The molecule has 3 rings (SSSR count). The minimum Gasteiger partial charge on any atom is -0.494 e. The van der Waals surface area contributed by atoms with E-state index in [2.05, 4.69) is 0 Å². The number of amides is 2. The van der Waals surface area contributed by atoms with Crippen molar-refractivity contribution in [2.24, 2.45) is 0 Å². The Morgan fingerprint density at radius 1 is 1.00 bits per heavy atom. The smallest absolute Gasteiger partial charge is 0.245 e. The summed E-state index contributed by atoms with van der Waals surface area (Å²) in [5, 5.41) is 0. The lowest BCUT2D eigenvalue weighted by molar-refractivity contribution is -0.155. The predicted octanol–water partition coefficient (Wildman–Crippen LogP) is 2.72. The number of piperazine rings is 1. The molecule has 1 fully saturated rings. The van der Waals surface area contributed by atoms with Gasteiger partial charge in [-0.25, -0.2) is 0 Å². The molecule has 5 heteroatoms. The fourth-order valence-corrected chi connectivity index (χ4v) is 3.14. The van der Waals surface area contributed by atoms with Gasteiger partial charge in [-0.15, -0.1) is 0 Å². The van der Waals surface area contributed by atoms with Crippen molar-refractivity contribution in [2.45, 2.75) is 25.9 Å². The van der Waals surface area contributed by atoms with Crippen molar-refractivity contribution in [3.05, 3.63) is 66.2 Å². The third-order valence-corrected chi connectivity index (χ3v) is 4.55. The van der Waals surface area contributed by atoms with Gasteiger partial charge in [-0.2, -0.15) is 0 Å². The molecule has 26 heavy (non-hydrogen) atoms. The summed E-state index contributed by atoms with van der Waals surface area (Å²) in [5.41, 5.74) is 1.03. The maximum Gasteiger partial charge on any atom is 0.245 e. The second-order valence-corrected chi connectivity index (χ2v) is 6.46. The van der Waals surface area contributed by atoms with Crippen molar-refractivity contribution >= 4 is 11.8 Å². The number of para-hydroxylation sites is 1. The number of carbonyl (C=O) groups is 2. The third kappa shape index (κ3) is 4.42. The Bertz CT molecular complexity index is 733. The maximum absolute atomic E-state index is 12.6. The van der Waals surface area contributed by atoms with E-state index in [1.165, 1.54) is 0 Å². The van der Waals surface area contributed by atoms with E-state index < -0.39 is 6.04 Å². The van der Waals surface area contributed by atoms with Crippen molar-refractivity contribution in [1.29, 1.82) is 0 Å². The topological polar surface area (TPSA) is 49.9 Å². The Hall–Kier alpha value is -2.82. The van der Waals surface area contributed by atoms with E-state index in [1.54, 1.807) is 16.7 Å². The van der Waals surface area contributed by atoms with E-state index in [4.69, 9.17) is 4.74 Å². The summed E-state index contributed by atoms with van der Waals surface area (Å²) >= 11 is 0. The van der Waals surface area contributed by atoms with E-state index in [9.17, 15) is 9.59 Å². The maximum atomic E-state index is 12.6. The zero-order valence-electron chi connectivity index (χ0n) is 15.0. The molecule has 2 amide bonds. The first kappa shape index (κ1) is 18.0. The Kier molecular flexibility index (Phi) is 5.89. The minimum absolute atomic E-state index is 0.00238. The number of rotatable bonds is 7. The van der Waals surface area contributed by atoms with Crippen molar-refractivity contribution < 1.29 is 14.3 Å². The first-order valence-corrected chi connectivity index (χ1v) is 8.95. The zero-order chi connectivity index (χ0) is 18.4. The van der Waals surface area contributed by atoms with Gasteiger partial charge in [-0.05, 0) is 31.0 Å². The average Bonchev–Trinajstić information content (AvgIpc) is 2.67. The van der Waals surface area contributed by atoms with Crippen LogP contribution in [0.15, 0.2) is 60.7 Å². The van der Waals surface area contributed by atoms with Crippen LogP contribution in [0.1, 0.15) is 18.9 Å². The van der Waals surface area contributed by atoms with E-state index >= 15 is 0 Å². The van der Waals surface area contributed by atoms with Gasteiger partial charge in [-0.3, -0.25) is 9.59 Å². The van der Waals surface area contributed by atoms with E-state index in [-0.39, 0.29) is 18.4 Å². The van der Waals surface area contributed by atoms with Gasteiger partial charge in [0.2, 0.25) is 11.8 Å². The molecule has 1 heterocycles. The number of benzene rings is 2. The molecule has 2 aromatic rings. The van der Waals surface area contributed by atoms with Crippen LogP contribution in [0, 0.1) is 0 Å². The highest BCUT2D eigenvalue weighted by molar-refractivity contribution is 5.94. The van der Waals surface area contributed by atoms with Crippen LogP contribution in [-0.2, 0) is 16.1 Å². The van der Waals surface area contributed by atoms with E-state index in [0.29, 0.717) is 26.1 Å². The fraction of sp³-hybridized carbons (Fsp3) is 0.333. The van der Waals surface area contributed by atoms with Gasteiger partial charge in [0.15, 0.2) is 0 Å². The van der Waals surface area contributed by atoms with Crippen molar-refractivity contribution in [2.75, 3.05) is 19.7 Å². The van der Waals surface area contributed by atoms with Crippen LogP contribution in [0.3, 0.4) is 0 Å². The molecule has 136 valence electrons. The summed E-state index contributed by atoms with van der Waals surface area (Å²) in [6, 6.07) is 18.9. The monoisotopic (exact) mass is 352 g/mol. The fourth-order valence-electron chi connectivity index (χ4n) is 3.14. The number of hydrogen-bond acceptors (Lipinski definition) is 3. The number of nitrogens with zero attached hydrogens (tertiary/aromatic N) is 2. The predicted molar refractivity (Wildman–Crippen MR) is 99.6 cm³/mol. The highest BCUT2D eigenvalue weighted by Gasteiger charge is 2.35. The van der Waals surface area contributed by atoms with Crippen LogP contribution in [0.2, 0.25) is 0 Å². The van der Waals surface area contributed by atoms with Gasteiger partial charge in [0.05, 0.1) is 6.61 Å². The van der Waals surface area contributed by atoms with Gasteiger partial charge in [-0.1, -0.05) is 48.5 Å². The average molecular weight is 352 g/mol. The van der Waals surface area contributed by atoms with Crippen LogP contribution >= 0.6 is 0 Å². The molecule has 0 aliphatic carbocycles. The molecule has 2 aromatic carbocycles. The zero-order valence-corrected chi connectivity index (χ0v) is 15.0. The van der Waals surface area contributed by atoms with Gasteiger partial charge in [0.25, 0.3) is 0 Å². The molecule has 0 spiro atoms. The summed E-state index contributed by atoms with van der Waals surface area (Å²) < 4.78 is 5.66. The molecular weight excluding hydrogens is 328 g/mol. The highest BCUT2D eigenvalue weighted by Crippen LogP contribution is 2.16. The summed E-state index contributed by atoms with van der Waals surface area (Å²) in [4.78, 5) is 28.4. The van der Waals surface area contributed by atoms with E-state index in [1.807, 2.05) is 60.7 Å². The van der Waals surface area contributed by atoms with Crippen LogP contribution < -0.4 is 4.74 Å². The summed E-state index contributed by atoms with van der Waals surface area (Å²) in [7, 11) is 0. The Labute approximate surface area is 154 Å². The molecule has 0 saturated carbocycles. The second kappa shape index (κ2) is 8.52. The molecule has 0 unspecified atom stereocenters. The second-order valence-electron chi connectivity index (χ2n) is 6.46. The quantitative estimate of drug-likeness (QED) is 0.720. The standard InChI is InChI=1S/C21H24N2O3/c1-17-21(25)22(15-18-9-4-2-5-10-18)16-20(24)23(17)13-8-14-26-19-11-6-3-7-12-19/h2-7,9-12,17H,8,13-16H2,1H3/t17-/m0/s1. The number of carbonyl (C=O) groups excluding carboxylic acids is 2. The van der Waals surface area contributed by atoms with E-state index in [0.717, 1.165) is 11.3 Å². The van der Waals surface area contributed by atoms with Crippen molar-refractivity contribution in [3.8, 4) is 5.75 Å². The lowest BCUT2D eigenvalue weighted by Crippen LogP contribution is -2.58. The van der Waals surface area contributed by atoms with Crippen molar-refractivity contribution in [3.63, 3.8) is 0 Å². The molecule has 0 aromatic heterocycles. The Balaban J connectivity index is 1.50. The first-order chi connectivity index (χ1) is 12.6. The van der Waals surface area contributed by atoms with Gasteiger partial charge < -0.3 is 14.5 Å². The summed E-state index contributed by atoms with van der Waals surface area (Å²) in [6.45, 7) is 3.45. The van der Waals surface area contributed by atoms with Crippen molar-refractivity contribution in [1.82, 2.24) is 9.80 Å². The molecule has 0 N–H and O–H groups in total. The van der Waals surface area contributed by atoms with Crippen LogP contribution in [0.5, 0.6) is 5.75 Å². The van der Waals surface area contributed by atoms with Gasteiger partial charge in [0, 0.05) is 13.1 Å². The molecule has 5 nitrogen and oxygen atoms in total.